The Hall–Kier alpha value is -2.42. The second-order valence-corrected chi connectivity index (χ2v) is 7.63. The van der Waals surface area contributed by atoms with Gasteiger partial charge in [0.2, 0.25) is 0 Å². The lowest BCUT2D eigenvalue weighted by Crippen LogP contribution is -2.35. The average molecular weight is 360 g/mol. The minimum atomic E-state index is -3.73. The van der Waals surface area contributed by atoms with E-state index in [9.17, 15) is 13.2 Å². The molecular formula is C17H16N2O5S. The predicted octanol–water partition coefficient (Wildman–Crippen LogP) is 1.95. The summed E-state index contributed by atoms with van der Waals surface area (Å²) >= 11 is 0. The summed E-state index contributed by atoms with van der Waals surface area (Å²) in [5, 5.41) is 2.69. The average Bonchev–Trinajstić information content (AvgIpc) is 3.16. The molecule has 1 saturated heterocycles. The van der Waals surface area contributed by atoms with E-state index in [0.717, 1.165) is 5.56 Å². The number of anilines is 2. The van der Waals surface area contributed by atoms with Gasteiger partial charge in [0, 0.05) is 11.3 Å². The van der Waals surface area contributed by atoms with E-state index in [0.29, 0.717) is 30.2 Å². The number of nitrogens with one attached hydrogen (secondary N) is 2. The summed E-state index contributed by atoms with van der Waals surface area (Å²) in [6, 6.07) is 11.3. The third-order valence-electron chi connectivity index (χ3n) is 4.20. The van der Waals surface area contributed by atoms with Crippen LogP contribution in [0.15, 0.2) is 47.4 Å². The van der Waals surface area contributed by atoms with E-state index in [2.05, 4.69) is 10.0 Å². The fourth-order valence-corrected chi connectivity index (χ4v) is 4.00. The van der Waals surface area contributed by atoms with Crippen LogP contribution in [0.2, 0.25) is 0 Å². The van der Waals surface area contributed by atoms with Crippen molar-refractivity contribution < 1.29 is 22.7 Å². The van der Waals surface area contributed by atoms with Crippen molar-refractivity contribution in [1.82, 2.24) is 0 Å². The maximum absolute atomic E-state index is 12.5. The Balaban J connectivity index is 1.68. The first-order valence-electron chi connectivity index (χ1n) is 7.74. The summed E-state index contributed by atoms with van der Waals surface area (Å²) < 4.78 is 38.6. The lowest BCUT2D eigenvalue weighted by Gasteiger charge is -2.19. The molecule has 0 saturated carbocycles. The zero-order valence-electron chi connectivity index (χ0n) is 13.4. The predicted molar refractivity (Wildman–Crippen MR) is 90.6 cm³/mol. The molecule has 0 unspecified atom stereocenters. The summed E-state index contributed by atoms with van der Waals surface area (Å²) in [4.78, 5) is 12.4. The van der Waals surface area contributed by atoms with E-state index >= 15 is 0 Å². The van der Waals surface area contributed by atoms with Crippen molar-refractivity contribution in [2.75, 3.05) is 23.3 Å². The van der Waals surface area contributed by atoms with Gasteiger partial charge in [-0.3, -0.25) is 9.52 Å². The highest BCUT2D eigenvalue weighted by molar-refractivity contribution is 7.92. The van der Waals surface area contributed by atoms with Crippen LogP contribution in [0, 0.1) is 6.92 Å². The van der Waals surface area contributed by atoms with Crippen LogP contribution in [0.25, 0.3) is 0 Å². The third kappa shape index (κ3) is 2.58. The van der Waals surface area contributed by atoms with E-state index in [1.54, 1.807) is 42.5 Å². The van der Waals surface area contributed by atoms with Crippen LogP contribution in [-0.2, 0) is 30.1 Å². The molecule has 1 fully saturated rings. The molecule has 1 amide bonds. The summed E-state index contributed by atoms with van der Waals surface area (Å²) in [6.45, 7) is 2.48. The highest BCUT2D eigenvalue weighted by Gasteiger charge is 2.52. The van der Waals surface area contributed by atoms with Gasteiger partial charge in [-0.25, -0.2) is 8.42 Å². The van der Waals surface area contributed by atoms with Crippen molar-refractivity contribution in [3.05, 3.63) is 53.6 Å². The number of aryl methyl sites for hydroxylation is 1. The number of amides is 1. The molecule has 1 spiro atoms. The van der Waals surface area contributed by atoms with Gasteiger partial charge in [-0.15, -0.1) is 0 Å². The number of hydrogen-bond acceptors (Lipinski definition) is 5. The lowest BCUT2D eigenvalue weighted by molar-refractivity contribution is -0.178. The van der Waals surface area contributed by atoms with Crippen molar-refractivity contribution in [3.63, 3.8) is 0 Å². The van der Waals surface area contributed by atoms with E-state index in [-0.39, 0.29) is 4.90 Å². The maximum Gasteiger partial charge on any atom is 0.289 e. The molecule has 2 N–H and O–H groups in total. The highest BCUT2D eigenvalue weighted by Crippen LogP contribution is 2.43. The number of carbonyl (C=O) groups is 1. The van der Waals surface area contributed by atoms with Crippen molar-refractivity contribution >= 4 is 27.3 Å². The fraction of sp³-hybridized carbons (Fsp3) is 0.235. The Kier molecular flexibility index (Phi) is 3.57. The van der Waals surface area contributed by atoms with Gasteiger partial charge in [0.15, 0.2) is 0 Å². The van der Waals surface area contributed by atoms with Crippen LogP contribution in [0.3, 0.4) is 0 Å². The van der Waals surface area contributed by atoms with E-state index < -0.39 is 21.7 Å². The van der Waals surface area contributed by atoms with E-state index in [1.807, 2.05) is 6.92 Å². The maximum atomic E-state index is 12.5. The molecule has 0 bridgehead atoms. The molecule has 130 valence electrons. The number of rotatable bonds is 3. The first-order chi connectivity index (χ1) is 11.9. The monoisotopic (exact) mass is 360 g/mol. The SMILES string of the molecule is Cc1ccc(S(=O)(=O)Nc2ccc3c(c2)C2(OCCO2)C(=O)N3)cc1. The van der Waals surface area contributed by atoms with Gasteiger partial charge in [-0.2, -0.15) is 0 Å². The normalized spacial score (nSPS) is 18.2. The number of benzene rings is 2. The molecule has 2 aliphatic heterocycles. The molecule has 2 aromatic carbocycles. The number of carbonyl (C=O) groups excluding carboxylic acids is 1. The first kappa shape index (κ1) is 16.1. The second-order valence-electron chi connectivity index (χ2n) is 5.95. The van der Waals surface area contributed by atoms with Gasteiger partial charge in [0.05, 0.1) is 23.8 Å². The smallest absolute Gasteiger partial charge is 0.289 e. The molecule has 8 heteroatoms. The van der Waals surface area contributed by atoms with Gasteiger partial charge < -0.3 is 14.8 Å². The van der Waals surface area contributed by atoms with Crippen LogP contribution >= 0.6 is 0 Å². The van der Waals surface area contributed by atoms with Crippen molar-refractivity contribution in [2.24, 2.45) is 0 Å². The van der Waals surface area contributed by atoms with Crippen LogP contribution in [0.1, 0.15) is 11.1 Å². The molecule has 7 nitrogen and oxygen atoms in total. The first-order valence-corrected chi connectivity index (χ1v) is 9.22. The van der Waals surface area contributed by atoms with Crippen molar-refractivity contribution in [2.45, 2.75) is 17.6 Å². The molecular weight excluding hydrogens is 344 g/mol. The van der Waals surface area contributed by atoms with Gasteiger partial charge >= 0.3 is 0 Å². The number of ether oxygens (including phenoxy) is 2. The molecule has 0 radical (unpaired) electrons. The van der Waals surface area contributed by atoms with Gasteiger partial charge in [-0.1, -0.05) is 17.7 Å². The standard InChI is InChI=1S/C17H16N2O5S/c1-11-2-5-13(6-3-11)25(21,22)19-12-4-7-15-14(10-12)17(16(20)18-15)23-8-9-24-17/h2-7,10,19H,8-9H2,1H3,(H,18,20). The molecule has 0 atom stereocenters. The van der Waals surface area contributed by atoms with Gasteiger partial charge in [-0.05, 0) is 37.3 Å². The quantitative estimate of drug-likeness (QED) is 0.873. The zero-order valence-corrected chi connectivity index (χ0v) is 14.2. The molecule has 0 aliphatic carbocycles. The molecule has 25 heavy (non-hydrogen) atoms. The Morgan fingerprint density at radius 1 is 1.08 bits per heavy atom. The summed E-state index contributed by atoms with van der Waals surface area (Å²) in [7, 11) is -3.73. The molecule has 4 rings (SSSR count). The topological polar surface area (TPSA) is 93.7 Å². The van der Waals surface area contributed by atoms with E-state index in [1.165, 1.54) is 0 Å². The molecule has 2 aliphatic rings. The largest absolute Gasteiger partial charge is 0.336 e. The summed E-state index contributed by atoms with van der Waals surface area (Å²) in [5.74, 6) is -1.89. The molecule has 2 aromatic rings. The Bertz CT molecular complexity index is 948. The van der Waals surface area contributed by atoms with Gasteiger partial charge in [0.1, 0.15) is 0 Å². The minimum absolute atomic E-state index is 0.163. The van der Waals surface area contributed by atoms with Gasteiger partial charge in [0.25, 0.3) is 21.7 Å². The number of sulfonamides is 1. The second kappa shape index (κ2) is 5.55. The molecule has 0 aromatic heterocycles. The highest BCUT2D eigenvalue weighted by atomic mass is 32.2. The Morgan fingerprint density at radius 2 is 1.76 bits per heavy atom. The summed E-state index contributed by atoms with van der Waals surface area (Å²) in [6.07, 6.45) is 0. The van der Waals surface area contributed by atoms with Crippen molar-refractivity contribution in [3.8, 4) is 0 Å². The Labute approximate surface area is 145 Å². The molecule has 2 heterocycles. The lowest BCUT2D eigenvalue weighted by atomic mass is 10.1. The van der Waals surface area contributed by atoms with Crippen LogP contribution in [0.4, 0.5) is 11.4 Å². The van der Waals surface area contributed by atoms with Crippen molar-refractivity contribution in [1.29, 1.82) is 0 Å². The van der Waals surface area contributed by atoms with Crippen LogP contribution in [-0.4, -0.2) is 27.5 Å². The van der Waals surface area contributed by atoms with Crippen LogP contribution in [0.5, 0.6) is 0 Å². The number of fused-ring (bicyclic) bond motifs is 2. The zero-order chi connectivity index (χ0) is 17.7. The van der Waals surface area contributed by atoms with E-state index in [4.69, 9.17) is 9.47 Å². The van der Waals surface area contributed by atoms with Crippen LogP contribution < -0.4 is 10.0 Å². The third-order valence-corrected chi connectivity index (χ3v) is 5.60. The number of hydrogen-bond donors (Lipinski definition) is 2. The summed E-state index contributed by atoms with van der Waals surface area (Å²) in [5.41, 5.74) is 2.32. The fourth-order valence-electron chi connectivity index (χ4n) is 2.95. The minimum Gasteiger partial charge on any atom is -0.336 e. The Morgan fingerprint density at radius 3 is 2.44 bits per heavy atom.